The van der Waals surface area contributed by atoms with E-state index in [4.69, 9.17) is 5.73 Å². The molecule has 0 spiro atoms. The van der Waals surface area contributed by atoms with E-state index < -0.39 is 6.36 Å². The normalized spacial score (nSPS) is 11.2. The number of pyridine rings is 1. The Morgan fingerprint density at radius 1 is 1.25 bits per heavy atom. The van der Waals surface area contributed by atoms with Crippen LogP contribution < -0.4 is 15.8 Å². The van der Waals surface area contributed by atoms with Gasteiger partial charge in [0, 0.05) is 11.9 Å². The fourth-order valence-corrected chi connectivity index (χ4v) is 1.92. The summed E-state index contributed by atoms with van der Waals surface area (Å²) in [6, 6.07) is 5.77. The lowest BCUT2D eigenvalue weighted by Gasteiger charge is -2.13. The fraction of sp³-hybridized carbons (Fsp3) is 0.0833. The molecule has 20 heavy (non-hydrogen) atoms. The number of nitrogens with two attached hydrogens (primary N) is 1. The first kappa shape index (κ1) is 14.4. The Morgan fingerprint density at radius 3 is 2.60 bits per heavy atom. The summed E-state index contributed by atoms with van der Waals surface area (Å²) in [6.07, 6.45) is -1.71. The zero-order chi connectivity index (χ0) is 14.8. The molecule has 2 aromatic rings. The minimum absolute atomic E-state index is 0.174. The largest absolute Gasteiger partial charge is 0.573 e. The number of anilines is 3. The third-order valence-electron chi connectivity index (χ3n) is 2.29. The number of benzene rings is 1. The summed E-state index contributed by atoms with van der Waals surface area (Å²) in [4.78, 5) is 3.84. The molecule has 0 bridgehead atoms. The lowest BCUT2D eigenvalue weighted by molar-refractivity contribution is -0.274. The molecule has 0 aliphatic heterocycles. The quantitative estimate of drug-likeness (QED) is 0.878. The zero-order valence-corrected chi connectivity index (χ0v) is 11.5. The summed E-state index contributed by atoms with van der Waals surface area (Å²) in [6.45, 7) is 0. The molecule has 0 fully saturated rings. The maximum absolute atomic E-state index is 12.1. The van der Waals surface area contributed by atoms with Crippen molar-refractivity contribution >= 4 is 33.0 Å². The minimum atomic E-state index is -4.73. The smallest absolute Gasteiger partial charge is 0.405 e. The van der Waals surface area contributed by atoms with Crippen molar-refractivity contribution in [3.05, 3.63) is 41.1 Å². The van der Waals surface area contributed by atoms with E-state index in [1.165, 1.54) is 24.4 Å². The lowest BCUT2D eigenvalue weighted by Crippen LogP contribution is -2.17. The number of hydrogen-bond acceptors (Lipinski definition) is 4. The summed E-state index contributed by atoms with van der Waals surface area (Å²) in [5.41, 5.74) is 7.31. The first-order valence-corrected chi connectivity index (χ1v) is 6.16. The van der Waals surface area contributed by atoms with Gasteiger partial charge in [-0.1, -0.05) is 0 Å². The summed E-state index contributed by atoms with van der Waals surface area (Å²) in [7, 11) is 0. The Labute approximate surface area is 120 Å². The Morgan fingerprint density at radius 2 is 2.00 bits per heavy atom. The molecule has 8 heteroatoms. The molecule has 4 nitrogen and oxygen atoms in total. The van der Waals surface area contributed by atoms with Crippen LogP contribution >= 0.6 is 15.9 Å². The first-order valence-electron chi connectivity index (χ1n) is 5.37. The highest BCUT2D eigenvalue weighted by Crippen LogP contribution is 2.33. The number of halogens is 4. The molecule has 0 saturated carbocycles. The Kier molecular flexibility index (Phi) is 4.03. The van der Waals surface area contributed by atoms with Gasteiger partial charge in [-0.15, -0.1) is 13.2 Å². The SMILES string of the molecule is Nc1cnccc1Nc1ccc(OC(F)(F)F)c(Br)c1. The van der Waals surface area contributed by atoms with Gasteiger partial charge in [-0.3, -0.25) is 4.98 Å². The molecule has 0 radical (unpaired) electrons. The van der Waals surface area contributed by atoms with E-state index in [0.717, 1.165) is 0 Å². The molecule has 3 N–H and O–H groups in total. The molecule has 1 aromatic heterocycles. The van der Waals surface area contributed by atoms with Crippen molar-refractivity contribution in [2.75, 3.05) is 11.1 Å². The molecular formula is C12H9BrF3N3O. The van der Waals surface area contributed by atoms with Gasteiger partial charge in [0.05, 0.1) is 22.0 Å². The van der Waals surface area contributed by atoms with E-state index in [2.05, 4.69) is 31.0 Å². The van der Waals surface area contributed by atoms with Crippen LogP contribution in [0.5, 0.6) is 5.75 Å². The van der Waals surface area contributed by atoms with E-state index in [9.17, 15) is 13.2 Å². The Balaban J connectivity index is 2.19. The van der Waals surface area contributed by atoms with Crippen molar-refractivity contribution in [1.29, 1.82) is 0 Å². The summed E-state index contributed by atoms with van der Waals surface area (Å²) >= 11 is 3.02. The third-order valence-corrected chi connectivity index (χ3v) is 2.91. The average Bonchev–Trinajstić information content (AvgIpc) is 2.34. The van der Waals surface area contributed by atoms with Crippen LogP contribution in [-0.4, -0.2) is 11.3 Å². The first-order chi connectivity index (χ1) is 9.35. The second-order valence-electron chi connectivity index (χ2n) is 3.78. The second kappa shape index (κ2) is 5.58. The van der Waals surface area contributed by atoms with E-state index >= 15 is 0 Å². The molecule has 2 rings (SSSR count). The van der Waals surface area contributed by atoms with E-state index in [0.29, 0.717) is 17.1 Å². The number of aromatic nitrogens is 1. The van der Waals surface area contributed by atoms with Gasteiger partial charge in [-0.25, -0.2) is 0 Å². The standard InChI is InChI=1S/C12H9BrF3N3O/c13-8-5-7(1-2-11(8)20-12(14,15)16)19-10-3-4-18-6-9(10)17/h1-6H,17H2,(H,18,19). The van der Waals surface area contributed by atoms with E-state index in [-0.39, 0.29) is 10.2 Å². The van der Waals surface area contributed by atoms with Crippen molar-refractivity contribution in [1.82, 2.24) is 4.98 Å². The van der Waals surface area contributed by atoms with E-state index in [1.54, 1.807) is 12.3 Å². The maximum Gasteiger partial charge on any atom is 0.573 e. The lowest BCUT2D eigenvalue weighted by atomic mass is 10.2. The van der Waals surface area contributed by atoms with Crippen LogP contribution in [0.4, 0.5) is 30.2 Å². The van der Waals surface area contributed by atoms with Gasteiger partial charge in [0.1, 0.15) is 5.75 Å². The molecule has 0 unspecified atom stereocenters. The topological polar surface area (TPSA) is 60.2 Å². The van der Waals surface area contributed by atoms with Crippen molar-refractivity contribution in [3.63, 3.8) is 0 Å². The van der Waals surface area contributed by atoms with Crippen molar-refractivity contribution < 1.29 is 17.9 Å². The average molecular weight is 348 g/mol. The highest BCUT2D eigenvalue weighted by atomic mass is 79.9. The minimum Gasteiger partial charge on any atom is -0.405 e. The van der Waals surface area contributed by atoms with Gasteiger partial charge in [0.25, 0.3) is 0 Å². The van der Waals surface area contributed by atoms with Crippen LogP contribution in [0.1, 0.15) is 0 Å². The Hall–Kier alpha value is -1.96. The molecular weight excluding hydrogens is 339 g/mol. The highest BCUT2D eigenvalue weighted by Gasteiger charge is 2.31. The number of nitrogen functional groups attached to an aromatic ring is 1. The molecule has 0 aliphatic carbocycles. The molecule has 1 aromatic carbocycles. The highest BCUT2D eigenvalue weighted by molar-refractivity contribution is 9.10. The number of hydrogen-bond donors (Lipinski definition) is 2. The summed E-state index contributed by atoms with van der Waals surface area (Å²) in [5.74, 6) is -0.314. The van der Waals surface area contributed by atoms with Gasteiger partial charge in [-0.2, -0.15) is 0 Å². The predicted molar refractivity (Wildman–Crippen MR) is 72.8 cm³/mol. The van der Waals surface area contributed by atoms with Crippen LogP contribution in [0.2, 0.25) is 0 Å². The van der Waals surface area contributed by atoms with Gasteiger partial charge < -0.3 is 15.8 Å². The number of ether oxygens (including phenoxy) is 1. The maximum atomic E-state index is 12.1. The Bertz CT molecular complexity index is 619. The predicted octanol–water partition coefficient (Wildman–Crippen LogP) is 4.07. The molecule has 0 saturated heterocycles. The monoisotopic (exact) mass is 347 g/mol. The number of alkyl halides is 3. The fourth-order valence-electron chi connectivity index (χ4n) is 1.46. The van der Waals surface area contributed by atoms with E-state index in [1.807, 2.05) is 0 Å². The van der Waals surface area contributed by atoms with Gasteiger partial charge in [0.2, 0.25) is 0 Å². The van der Waals surface area contributed by atoms with Crippen molar-refractivity contribution in [2.45, 2.75) is 6.36 Å². The third kappa shape index (κ3) is 3.77. The van der Waals surface area contributed by atoms with Crippen molar-refractivity contribution in [3.8, 4) is 5.75 Å². The van der Waals surface area contributed by atoms with Gasteiger partial charge >= 0.3 is 6.36 Å². The van der Waals surface area contributed by atoms with Crippen molar-refractivity contribution in [2.24, 2.45) is 0 Å². The second-order valence-corrected chi connectivity index (χ2v) is 4.64. The van der Waals surface area contributed by atoms with Crippen LogP contribution in [0.15, 0.2) is 41.1 Å². The van der Waals surface area contributed by atoms with Gasteiger partial charge in [0.15, 0.2) is 0 Å². The van der Waals surface area contributed by atoms with Crippen LogP contribution in [-0.2, 0) is 0 Å². The summed E-state index contributed by atoms with van der Waals surface area (Å²) in [5, 5.41) is 2.97. The van der Waals surface area contributed by atoms with Crippen LogP contribution in [0, 0.1) is 0 Å². The molecule has 106 valence electrons. The van der Waals surface area contributed by atoms with Crippen LogP contribution in [0.25, 0.3) is 0 Å². The molecule has 0 atom stereocenters. The summed E-state index contributed by atoms with van der Waals surface area (Å²) < 4.78 is 40.4. The van der Waals surface area contributed by atoms with Crippen LogP contribution in [0.3, 0.4) is 0 Å². The number of nitrogens with one attached hydrogen (secondary N) is 1. The van der Waals surface area contributed by atoms with Gasteiger partial charge in [-0.05, 0) is 40.2 Å². The number of rotatable bonds is 3. The molecule has 0 aliphatic rings. The molecule has 0 amide bonds. The molecule has 1 heterocycles. The zero-order valence-electron chi connectivity index (χ0n) is 9.91. The number of nitrogens with zero attached hydrogens (tertiary/aromatic N) is 1.